The van der Waals surface area contributed by atoms with Crippen LogP contribution < -0.4 is 11.1 Å². The molecule has 0 saturated heterocycles. The van der Waals surface area contributed by atoms with Gasteiger partial charge in [0.05, 0.1) is 11.4 Å². The van der Waals surface area contributed by atoms with Gasteiger partial charge in [-0.2, -0.15) is 0 Å². The summed E-state index contributed by atoms with van der Waals surface area (Å²) in [5.41, 5.74) is 8.59. The van der Waals surface area contributed by atoms with Gasteiger partial charge in [0.2, 0.25) is 5.91 Å². The molecule has 3 rings (SSSR count). The number of hydrogen-bond donors (Lipinski definition) is 2. The largest absolute Gasteiger partial charge is 0.369 e. The van der Waals surface area contributed by atoms with E-state index in [1.807, 2.05) is 60.7 Å². The maximum Gasteiger partial charge on any atom is 0.255 e. The minimum Gasteiger partial charge on any atom is -0.369 e. The molecule has 2 amide bonds. The van der Waals surface area contributed by atoms with Gasteiger partial charge < -0.3 is 11.1 Å². The number of thioether (sulfide) groups is 1. The quantitative estimate of drug-likeness (QED) is 0.646. The third-order valence-electron chi connectivity index (χ3n) is 3.76. The number of benzene rings is 3. The van der Waals surface area contributed by atoms with E-state index >= 15 is 0 Å². The average Bonchev–Trinajstić information content (AvgIpc) is 2.68. The lowest BCUT2D eigenvalue weighted by Crippen LogP contribution is -2.14. The first-order chi connectivity index (χ1) is 12.6. The Balaban J connectivity index is 1.73. The van der Waals surface area contributed by atoms with Gasteiger partial charge in [0, 0.05) is 10.5 Å². The van der Waals surface area contributed by atoms with E-state index in [4.69, 9.17) is 5.73 Å². The number of nitrogens with two attached hydrogens (primary N) is 1. The number of anilines is 1. The van der Waals surface area contributed by atoms with Crippen LogP contribution >= 0.6 is 11.8 Å². The number of hydrogen-bond acceptors (Lipinski definition) is 3. The van der Waals surface area contributed by atoms with E-state index in [-0.39, 0.29) is 11.7 Å². The second kappa shape index (κ2) is 8.36. The summed E-state index contributed by atoms with van der Waals surface area (Å²) in [7, 11) is 0. The number of carbonyl (C=O) groups excluding carboxylic acids is 2. The Morgan fingerprint density at radius 2 is 1.42 bits per heavy atom. The number of nitrogens with one attached hydrogen (secondary N) is 1. The maximum absolute atomic E-state index is 12.5. The molecule has 0 unspecified atom stereocenters. The van der Waals surface area contributed by atoms with Gasteiger partial charge in [-0.15, -0.1) is 11.8 Å². The molecule has 4 nitrogen and oxygen atoms in total. The molecule has 0 radical (unpaired) electrons. The third-order valence-corrected chi connectivity index (χ3v) is 4.86. The van der Waals surface area contributed by atoms with E-state index < -0.39 is 5.91 Å². The van der Waals surface area contributed by atoms with Gasteiger partial charge in [-0.3, -0.25) is 9.59 Å². The summed E-state index contributed by atoms with van der Waals surface area (Å²) in [6, 6.07) is 24.8. The van der Waals surface area contributed by atoms with Gasteiger partial charge in [0.15, 0.2) is 0 Å². The fourth-order valence-corrected chi connectivity index (χ4v) is 3.23. The van der Waals surface area contributed by atoms with Gasteiger partial charge in [-0.05, 0) is 35.4 Å². The third kappa shape index (κ3) is 4.52. The molecular formula is C21H18N2O2S. The molecule has 3 aromatic carbocycles. The maximum atomic E-state index is 12.5. The summed E-state index contributed by atoms with van der Waals surface area (Å²) < 4.78 is 0. The van der Waals surface area contributed by atoms with E-state index in [0.29, 0.717) is 11.3 Å². The second-order valence-electron chi connectivity index (χ2n) is 5.65. The highest BCUT2D eigenvalue weighted by Crippen LogP contribution is 2.27. The van der Waals surface area contributed by atoms with Crippen molar-refractivity contribution in [2.24, 2.45) is 5.73 Å². The molecule has 0 aliphatic rings. The zero-order valence-electron chi connectivity index (χ0n) is 14.0. The summed E-state index contributed by atoms with van der Waals surface area (Å²) in [5, 5.41) is 2.90. The van der Waals surface area contributed by atoms with Crippen LogP contribution in [0.4, 0.5) is 5.69 Å². The van der Waals surface area contributed by atoms with Crippen molar-refractivity contribution in [1.29, 1.82) is 0 Å². The smallest absolute Gasteiger partial charge is 0.255 e. The second-order valence-corrected chi connectivity index (χ2v) is 6.67. The van der Waals surface area contributed by atoms with Gasteiger partial charge in [0.1, 0.15) is 0 Å². The molecule has 0 aliphatic heterocycles. The predicted octanol–water partition coefficient (Wildman–Crippen LogP) is 4.18. The lowest BCUT2D eigenvalue weighted by molar-refractivity contribution is -0.115. The van der Waals surface area contributed by atoms with Crippen molar-refractivity contribution < 1.29 is 9.59 Å². The van der Waals surface area contributed by atoms with Crippen molar-refractivity contribution in [3.8, 4) is 11.1 Å². The Morgan fingerprint density at radius 3 is 2.12 bits per heavy atom. The predicted molar refractivity (Wildman–Crippen MR) is 106 cm³/mol. The molecular weight excluding hydrogens is 344 g/mol. The lowest BCUT2D eigenvalue weighted by atomic mass is 10.0. The van der Waals surface area contributed by atoms with Crippen LogP contribution in [0.5, 0.6) is 0 Å². The molecule has 0 heterocycles. The Hall–Kier alpha value is -3.05. The van der Waals surface area contributed by atoms with Crippen LogP contribution in [0.3, 0.4) is 0 Å². The summed E-state index contributed by atoms with van der Waals surface area (Å²) in [6.45, 7) is 0. The van der Waals surface area contributed by atoms with E-state index in [1.165, 1.54) is 11.8 Å². The molecule has 5 heteroatoms. The minimum absolute atomic E-state index is 0.165. The Morgan fingerprint density at radius 1 is 0.808 bits per heavy atom. The summed E-state index contributed by atoms with van der Waals surface area (Å²) in [4.78, 5) is 24.3. The van der Waals surface area contributed by atoms with Crippen molar-refractivity contribution in [3.05, 3.63) is 84.4 Å². The monoisotopic (exact) mass is 362 g/mol. The molecule has 0 saturated carbocycles. The first-order valence-corrected chi connectivity index (χ1v) is 9.09. The minimum atomic E-state index is -0.396. The van der Waals surface area contributed by atoms with Crippen molar-refractivity contribution >= 4 is 29.3 Å². The Kier molecular flexibility index (Phi) is 5.71. The zero-order chi connectivity index (χ0) is 18.4. The molecule has 130 valence electrons. The van der Waals surface area contributed by atoms with Gasteiger partial charge in [-0.25, -0.2) is 0 Å². The highest BCUT2D eigenvalue weighted by molar-refractivity contribution is 8.00. The van der Waals surface area contributed by atoms with Crippen molar-refractivity contribution in [2.45, 2.75) is 4.90 Å². The molecule has 0 aliphatic carbocycles. The molecule has 0 aromatic heterocycles. The van der Waals surface area contributed by atoms with Crippen LogP contribution in [0, 0.1) is 0 Å². The zero-order valence-corrected chi connectivity index (χ0v) is 14.8. The molecule has 0 atom stereocenters. The molecule has 0 spiro atoms. The standard InChI is InChI=1S/C21H18N2O2S/c22-20(24)14-26-19-9-5-4-8-18(19)23-21(25)17-12-10-16(11-13-17)15-6-2-1-3-7-15/h1-13H,14H2,(H2,22,24)(H,23,25). The summed E-state index contributed by atoms with van der Waals surface area (Å²) >= 11 is 1.30. The highest BCUT2D eigenvalue weighted by atomic mass is 32.2. The van der Waals surface area contributed by atoms with Crippen LogP contribution in [-0.2, 0) is 4.79 Å². The summed E-state index contributed by atoms with van der Waals surface area (Å²) in [5.74, 6) is -0.428. The van der Waals surface area contributed by atoms with Crippen molar-refractivity contribution in [3.63, 3.8) is 0 Å². The molecule has 3 N–H and O–H groups in total. The Bertz CT molecular complexity index is 909. The fourth-order valence-electron chi connectivity index (χ4n) is 2.48. The SMILES string of the molecule is NC(=O)CSc1ccccc1NC(=O)c1ccc(-c2ccccc2)cc1. The molecule has 3 aromatic rings. The van der Waals surface area contributed by atoms with E-state index in [0.717, 1.165) is 16.0 Å². The van der Waals surface area contributed by atoms with Crippen LogP contribution in [0.15, 0.2) is 83.8 Å². The molecule has 0 fully saturated rings. The normalized spacial score (nSPS) is 10.3. The first-order valence-electron chi connectivity index (χ1n) is 8.10. The molecule has 26 heavy (non-hydrogen) atoms. The number of rotatable bonds is 6. The first kappa shape index (κ1) is 17.8. The summed E-state index contributed by atoms with van der Waals surface area (Å²) in [6.07, 6.45) is 0. The van der Waals surface area contributed by atoms with Gasteiger partial charge in [-0.1, -0.05) is 54.6 Å². The topological polar surface area (TPSA) is 72.2 Å². The van der Waals surface area contributed by atoms with Crippen molar-refractivity contribution in [1.82, 2.24) is 0 Å². The van der Waals surface area contributed by atoms with Gasteiger partial charge >= 0.3 is 0 Å². The number of para-hydroxylation sites is 1. The fraction of sp³-hybridized carbons (Fsp3) is 0.0476. The van der Waals surface area contributed by atoms with Crippen molar-refractivity contribution in [2.75, 3.05) is 11.1 Å². The van der Waals surface area contributed by atoms with Crippen LogP contribution in [0.25, 0.3) is 11.1 Å². The average molecular weight is 362 g/mol. The van der Waals surface area contributed by atoms with E-state index in [2.05, 4.69) is 5.32 Å². The van der Waals surface area contributed by atoms with Crippen LogP contribution in [-0.4, -0.2) is 17.6 Å². The number of primary amides is 1. The van der Waals surface area contributed by atoms with Crippen LogP contribution in [0.1, 0.15) is 10.4 Å². The number of carbonyl (C=O) groups is 2. The lowest BCUT2D eigenvalue weighted by Gasteiger charge is -2.10. The molecule has 0 bridgehead atoms. The Labute approximate surface area is 156 Å². The van der Waals surface area contributed by atoms with E-state index in [1.54, 1.807) is 18.2 Å². The van der Waals surface area contributed by atoms with Crippen LogP contribution in [0.2, 0.25) is 0 Å². The highest BCUT2D eigenvalue weighted by Gasteiger charge is 2.10. The van der Waals surface area contributed by atoms with E-state index in [9.17, 15) is 9.59 Å². The number of amides is 2. The van der Waals surface area contributed by atoms with Gasteiger partial charge in [0.25, 0.3) is 5.91 Å².